The van der Waals surface area contributed by atoms with E-state index in [1.54, 1.807) is 6.07 Å². The van der Waals surface area contributed by atoms with Crippen molar-refractivity contribution >= 4 is 28.9 Å². The molecule has 4 nitrogen and oxygen atoms in total. The Morgan fingerprint density at radius 2 is 1.90 bits per heavy atom. The molecular weight excluding hydrogens is 291 g/mol. The minimum atomic E-state index is -0.440. The molecule has 21 heavy (non-hydrogen) atoms. The van der Waals surface area contributed by atoms with Crippen molar-refractivity contribution in [2.45, 2.75) is 26.7 Å². The second-order valence-electron chi connectivity index (χ2n) is 4.59. The second kappa shape index (κ2) is 7.22. The number of anilines is 3. The number of benzene rings is 1. The second-order valence-corrected chi connectivity index (χ2v) is 5.00. The van der Waals surface area contributed by atoms with Gasteiger partial charge in [0.15, 0.2) is 0 Å². The van der Waals surface area contributed by atoms with Gasteiger partial charge in [-0.1, -0.05) is 25.4 Å². The molecule has 2 aromatic rings. The number of rotatable bonds is 6. The number of hydrogen-bond acceptors (Lipinski definition) is 4. The molecular formula is C15H18ClFN4. The Kier molecular flexibility index (Phi) is 5.33. The zero-order valence-electron chi connectivity index (χ0n) is 12.1. The topological polar surface area (TPSA) is 49.8 Å². The highest BCUT2D eigenvalue weighted by atomic mass is 35.5. The predicted molar refractivity (Wildman–Crippen MR) is 84.9 cm³/mol. The van der Waals surface area contributed by atoms with E-state index in [2.05, 4.69) is 27.5 Å². The molecule has 1 aromatic heterocycles. The summed E-state index contributed by atoms with van der Waals surface area (Å²) >= 11 is 5.78. The van der Waals surface area contributed by atoms with Crippen LogP contribution in [0.1, 0.15) is 26.1 Å². The number of nitrogens with zero attached hydrogens (tertiary/aromatic N) is 2. The van der Waals surface area contributed by atoms with E-state index in [1.165, 1.54) is 12.1 Å². The van der Waals surface area contributed by atoms with E-state index in [-0.39, 0.29) is 5.02 Å². The van der Waals surface area contributed by atoms with Gasteiger partial charge in [0.05, 0.1) is 5.02 Å². The predicted octanol–water partition coefficient (Wildman–Crippen LogP) is 4.40. The van der Waals surface area contributed by atoms with Crippen LogP contribution in [0.3, 0.4) is 0 Å². The molecule has 112 valence electrons. The Morgan fingerprint density at radius 1 is 1.14 bits per heavy atom. The Bertz CT molecular complexity index is 619. The van der Waals surface area contributed by atoms with E-state index in [0.717, 1.165) is 31.0 Å². The van der Waals surface area contributed by atoms with Gasteiger partial charge in [-0.15, -0.1) is 0 Å². The summed E-state index contributed by atoms with van der Waals surface area (Å²) in [6.07, 6.45) is 1.75. The lowest BCUT2D eigenvalue weighted by Crippen LogP contribution is -2.06. The lowest BCUT2D eigenvalue weighted by molar-refractivity contribution is 0.628. The van der Waals surface area contributed by atoms with Crippen LogP contribution in [0.15, 0.2) is 24.3 Å². The highest BCUT2D eigenvalue weighted by Crippen LogP contribution is 2.23. The third-order valence-corrected chi connectivity index (χ3v) is 3.13. The van der Waals surface area contributed by atoms with Crippen LogP contribution >= 0.6 is 11.6 Å². The zero-order valence-corrected chi connectivity index (χ0v) is 12.8. The first-order chi connectivity index (χ1) is 10.1. The molecule has 0 radical (unpaired) electrons. The first-order valence-electron chi connectivity index (χ1n) is 6.96. The van der Waals surface area contributed by atoms with Crippen LogP contribution in [-0.4, -0.2) is 16.5 Å². The lowest BCUT2D eigenvalue weighted by Gasteiger charge is -2.11. The summed E-state index contributed by atoms with van der Waals surface area (Å²) < 4.78 is 13.2. The largest absolute Gasteiger partial charge is 0.370 e. The van der Waals surface area contributed by atoms with Crippen molar-refractivity contribution in [2.75, 3.05) is 17.2 Å². The molecule has 2 rings (SSSR count). The lowest BCUT2D eigenvalue weighted by atomic mass is 10.3. The molecule has 0 aliphatic rings. The maximum Gasteiger partial charge on any atom is 0.141 e. The fraction of sp³-hybridized carbons (Fsp3) is 0.333. The molecule has 1 heterocycles. The summed E-state index contributed by atoms with van der Waals surface area (Å²) in [6, 6.07) is 6.30. The summed E-state index contributed by atoms with van der Waals surface area (Å²) in [5.74, 6) is 1.74. The van der Waals surface area contributed by atoms with Crippen LogP contribution in [0, 0.1) is 5.82 Å². The molecule has 0 fully saturated rings. The first-order valence-corrected chi connectivity index (χ1v) is 7.34. The van der Waals surface area contributed by atoms with Crippen molar-refractivity contribution < 1.29 is 4.39 Å². The van der Waals surface area contributed by atoms with Crippen molar-refractivity contribution in [3.8, 4) is 0 Å². The van der Waals surface area contributed by atoms with Crippen LogP contribution in [0.4, 0.5) is 21.7 Å². The van der Waals surface area contributed by atoms with Gasteiger partial charge in [0.1, 0.15) is 23.3 Å². The van der Waals surface area contributed by atoms with Crippen molar-refractivity contribution in [3.63, 3.8) is 0 Å². The van der Waals surface area contributed by atoms with Gasteiger partial charge >= 0.3 is 0 Å². The Labute approximate surface area is 128 Å². The van der Waals surface area contributed by atoms with E-state index < -0.39 is 5.82 Å². The van der Waals surface area contributed by atoms with Crippen LogP contribution in [0.5, 0.6) is 0 Å². The average Bonchev–Trinajstić information content (AvgIpc) is 2.48. The molecule has 1 aromatic carbocycles. The summed E-state index contributed by atoms with van der Waals surface area (Å²) in [5.41, 5.74) is 0.684. The molecule has 0 spiro atoms. The van der Waals surface area contributed by atoms with Crippen LogP contribution in [0.25, 0.3) is 0 Å². The molecule has 0 aliphatic heterocycles. The Hall–Kier alpha value is -1.88. The van der Waals surface area contributed by atoms with Gasteiger partial charge in [-0.25, -0.2) is 14.4 Å². The number of nitrogens with one attached hydrogen (secondary N) is 2. The quantitative estimate of drug-likeness (QED) is 0.830. The van der Waals surface area contributed by atoms with Crippen molar-refractivity contribution in [2.24, 2.45) is 0 Å². The molecule has 0 bridgehead atoms. The van der Waals surface area contributed by atoms with Crippen LogP contribution in [-0.2, 0) is 6.42 Å². The maximum atomic E-state index is 13.2. The standard InChI is InChI=1S/C15H18ClFN4/c1-3-7-18-14-9-15(21-13(4-2)20-14)19-10-5-6-12(17)11(16)8-10/h5-6,8-9H,3-4,7H2,1-2H3,(H2,18,19,20,21). The summed E-state index contributed by atoms with van der Waals surface area (Å²) in [5, 5.41) is 6.44. The number of aromatic nitrogens is 2. The van der Waals surface area contributed by atoms with Crippen LogP contribution < -0.4 is 10.6 Å². The summed E-state index contributed by atoms with van der Waals surface area (Å²) in [7, 11) is 0. The highest BCUT2D eigenvalue weighted by molar-refractivity contribution is 6.31. The van der Waals surface area contributed by atoms with E-state index in [0.29, 0.717) is 11.5 Å². The fourth-order valence-corrected chi connectivity index (χ4v) is 1.97. The van der Waals surface area contributed by atoms with Gasteiger partial charge in [-0.05, 0) is 24.6 Å². The summed E-state index contributed by atoms with van der Waals surface area (Å²) in [4.78, 5) is 8.82. The monoisotopic (exact) mass is 308 g/mol. The van der Waals surface area contributed by atoms with E-state index in [4.69, 9.17) is 11.6 Å². The molecule has 0 aliphatic carbocycles. The van der Waals surface area contributed by atoms with E-state index >= 15 is 0 Å². The number of hydrogen-bond donors (Lipinski definition) is 2. The molecule has 0 saturated heterocycles. The minimum Gasteiger partial charge on any atom is -0.370 e. The Balaban J connectivity index is 2.23. The molecule has 0 saturated carbocycles. The van der Waals surface area contributed by atoms with Crippen molar-refractivity contribution in [1.29, 1.82) is 0 Å². The molecule has 6 heteroatoms. The van der Waals surface area contributed by atoms with Crippen LogP contribution in [0.2, 0.25) is 5.02 Å². The molecule has 0 unspecified atom stereocenters. The Morgan fingerprint density at radius 3 is 2.57 bits per heavy atom. The third-order valence-electron chi connectivity index (χ3n) is 2.84. The maximum absolute atomic E-state index is 13.2. The SMILES string of the molecule is CCCNc1cc(Nc2ccc(F)c(Cl)c2)nc(CC)n1. The van der Waals surface area contributed by atoms with E-state index in [1.807, 2.05) is 13.0 Å². The normalized spacial score (nSPS) is 10.5. The minimum absolute atomic E-state index is 0.0779. The first kappa shape index (κ1) is 15.5. The fourth-order valence-electron chi connectivity index (χ4n) is 1.78. The molecule has 2 N–H and O–H groups in total. The molecule has 0 amide bonds. The third kappa shape index (κ3) is 4.29. The summed E-state index contributed by atoms with van der Waals surface area (Å²) in [6.45, 7) is 4.94. The smallest absolute Gasteiger partial charge is 0.141 e. The van der Waals surface area contributed by atoms with Gasteiger partial charge in [-0.2, -0.15) is 0 Å². The van der Waals surface area contributed by atoms with Crippen molar-refractivity contribution in [1.82, 2.24) is 9.97 Å². The number of aryl methyl sites for hydroxylation is 1. The van der Waals surface area contributed by atoms with Gasteiger partial charge < -0.3 is 10.6 Å². The van der Waals surface area contributed by atoms with Gasteiger partial charge in [0.2, 0.25) is 0 Å². The van der Waals surface area contributed by atoms with E-state index in [9.17, 15) is 4.39 Å². The highest BCUT2D eigenvalue weighted by Gasteiger charge is 2.05. The number of halogens is 2. The zero-order chi connectivity index (χ0) is 15.2. The molecule has 0 atom stereocenters. The van der Waals surface area contributed by atoms with Gasteiger partial charge in [0.25, 0.3) is 0 Å². The van der Waals surface area contributed by atoms with Gasteiger partial charge in [0, 0.05) is 24.7 Å². The average molecular weight is 309 g/mol. The van der Waals surface area contributed by atoms with Crippen molar-refractivity contribution in [3.05, 3.63) is 40.9 Å². The van der Waals surface area contributed by atoms with Gasteiger partial charge in [-0.3, -0.25) is 0 Å².